The van der Waals surface area contributed by atoms with E-state index in [0.29, 0.717) is 12.8 Å². The number of primary amides is 1. The van der Waals surface area contributed by atoms with Gasteiger partial charge in [-0.2, -0.15) is 0 Å². The molecule has 0 unspecified atom stereocenters. The molecule has 0 aliphatic rings. The molecule has 64 valence electrons. The molecule has 0 bridgehead atoms. The molecule has 0 spiro atoms. The molecule has 0 saturated heterocycles. The van der Waals surface area contributed by atoms with Gasteiger partial charge in [0.2, 0.25) is 5.91 Å². The summed E-state index contributed by atoms with van der Waals surface area (Å²) in [6.45, 7) is 1.74. The lowest BCUT2D eigenvalue weighted by Crippen LogP contribution is -2.31. The summed E-state index contributed by atoms with van der Waals surface area (Å²) in [6.07, 6.45) is 0.967. The summed E-state index contributed by atoms with van der Waals surface area (Å²) in [5.74, 6) is -0.435. The fraction of sp³-hybridized carbons (Fsp3) is 0.714. The van der Waals surface area contributed by atoms with Gasteiger partial charge < -0.3 is 11.5 Å². The van der Waals surface area contributed by atoms with Crippen molar-refractivity contribution in [3.63, 3.8) is 0 Å². The van der Waals surface area contributed by atoms with Gasteiger partial charge in [-0.05, 0) is 6.42 Å². The third-order valence-corrected chi connectivity index (χ3v) is 1.46. The van der Waals surface area contributed by atoms with Crippen LogP contribution in [-0.2, 0) is 9.59 Å². The Bertz CT molecular complexity index is 157. The fourth-order valence-corrected chi connectivity index (χ4v) is 0.721. The molecule has 4 N–H and O–H groups in total. The van der Waals surface area contributed by atoms with Crippen LogP contribution >= 0.6 is 0 Å². The number of Topliss-reactive ketones (excluding diaryl/α,β-unsaturated/α-hetero) is 1. The van der Waals surface area contributed by atoms with E-state index in [0.717, 1.165) is 0 Å². The molecule has 4 nitrogen and oxygen atoms in total. The van der Waals surface area contributed by atoms with Crippen molar-refractivity contribution < 1.29 is 9.59 Å². The van der Waals surface area contributed by atoms with Crippen LogP contribution in [0.5, 0.6) is 0 Å². The maximum Gasteiger partial charge on any atom is 0.217 e. The molecule has 11 heavy (non-hydrogen) atoms. The Hall–Kier alpha value is -0.900. The predicted octanol–water partition coefficient (Wildman–Crippen LogP) is -0.442. The average Bonchev–Trinajstić information content (AvgIpc) is 1.98. The van der Waals surface area contributed by atoms with Gasteiger partial charge in [-0.25, -0.2) is 0 Å². The smallest absolute Gasteiger partial charge is 0.217 e. The minimum atomic E-state index is -0.521. The summed E-state index contributed by atoms with van der Waals surface area (Å²) in [5, 5.41) is 0. The van der Waals surface area contributed by atoms with Gasteiger partial charge in [0.25, 0.3) is 0 Å². The third-order valence-electron chi connectivity index (χ3n) is 1.46. The highest BCUT2D eigenvalue weighted by molar-refractivity contribution is 5.84. The first-order chi connectivity index (χ1) is 5.07. The predicted molar refractivity (Wildman–Crippen MR) is 41.7 cm³/mol. The SMILES string of the molecule is CCC(=O)[C@@H](N)CCC(N)=O. The molecule has 4 heteroatoms. The van der Waals surface area contributed by atoms with Gasteiger partial charge in [0, 0.05) is 12.8 Å². The number of rotatable bonds is 5. The van der Waals surface area contributed by atoms with Gasteiger partial charge >= 0.3 is 0 Å². The summed E-state index contributed by atoms with van der Waals surface area (Å²) in [6, 6.07) is -0.521. The summed E-state index contributed by atoms with van der Waals surface area (Å²) in [4.78, 5) is 21.1. The zero-order valence-corrected chi connectivity index (χ0v) is 6.67. The van der Waals surface area contributed by atoms with Crippen molar-refractivity contribution >= 4 is 11.7 Å². The van der Waals surface area contributed by atoms with Crippen molar-refractivity contribution in [3.05, 3.63) is 0 Å². The van der Waals surface area contributed by atoms with E-state index in [-0.39, 0.29) is 12.2 Å². The van der Waals surface area contributed by atoms with Crippen LogP contribution in [0.2, 0.25) is 0 Å². The van der Waals surface area contributed by atoms with E-state index < -0.39 is 11.9 Å². The largest absolute Gasteiger partial charge is 0.370 e. The molecule has 0 aliphatic carbocycles. The topological polar surface area (TPSA) is 86.2 Å². The second kappa shape index (κ2) is 4.85. The van der Waals surface area contributed by atoms with Crippen LogP contribution in [0, 0.1) is 0 Å². The van der Waals surface area contributed by atoms with Crippen molar-refractivity contribution in [1.82, 2.24) is 0 Å². The zero-order chi connectivity index (χ0) is 8.85. The highest BCUT2D eigenvalue weighted by Crippen LogP contribution is 1.97. The van der Waals surface area contributed by atoms with Crippen LogP contribution in [0.1, 0.15) is 26.2 Å². The van der Waals surface area contributed by atoms with Crippen molar-refractivity contribution in [2.75, 3.05) is 0 Å². The number of nitrogens with two attached hydrogens (primary N) is 2. The molecule has 0 saturated carbocycles. The first-order valence-corrected chi connectivity index (χ1v) is 3.64. The van der Waals surface area contributed by atoms with Gasteiger partial charge in [-0.15, -0.1) is 0 Å². The van der Waals surface area contributed by atoms with Gasteiger partial charge in [0.05, 0.1) is 6.04 Å². The lowest BCUT2D eigenvalue weighted by molar-refractivity contribution is -0.120. The van der Waals surface area contributed by atoms with Crippen LogP contribution < -0.4 is 11.5 Å². The Morgan fingerprint density at radius 1 is 1.45 bits per heavy atom. The maximum atomic E-state index is 10.8. The number of hydrogen-bond donors (Lipinski definition) is 2. The molecule has 0 fully saturated rings. The molecule has 0 aliphatic heterocycles. The number of carbonyl (C=O) groups excluding carboxylic acids is 2. The molecule has 1 atom stereocenters. The van der Waals surface area contributed by atoms with Crippen molar-refractivity contribution in [1.29, 1.82) is 0 Å². The van der Waals surface area contributed by atoms with E-state index in [1.54, 1.807) is 6.92 Å². The van der Waals surface area contributed by atoms with Crippen LogP contribution in [0.3, 0.4) is 0 Å². The summed E-state index contributed by atoms with van der Waals surface area (Å²) in [7, 11) is 0. The van der Waals surface area contributed by atoms with E-state index in [4.69, 9.17) is 11.5 Å². The average molecular weight is 158 g/mol. The second-order valence-electron chi connectivity index (χ2n) is 2.43. The Balaban J connectivity index is 3.60. The summed E-state index contributed by atoms with van der Waals surface area (Å²) >= 11 is 0. The van der Waals surface area contributed by atoms with Crippen LogP contribution in [-0.4, -0.2) is 17.7 Å². The number of amides is 1. The lowest BCUT2D eigenvalue weighted by Gasteiger charge is -2.06. The number of ketones is 1. The molecule has 0 radical (unpaired) electrons. The third kappa shape index (κ3) is 4.50. The van der Waals surface area contributed by atoms with E-state index in [1.807, 2.05) is 0 Å². The quantitative estimate of drug-likeness (QED) is 0.568. The molecule has 0 aromatic rings. The van der Waals surface area contributed by atoms with Crippen molar-refractivity contribution in [2.24, 2.45) is 11.5 Å². The van der Waals surface area contributed by atoms with Crippen LogP contribution in [0.15, 0.2) is 0 Å². The van der Waals surface area contributed by atoms with Crippen LogP contribution in [0.25, 0.3) is 0 Å². The molecule has 0 rings (SSSR count). The molecule has 0 aromatic heterocycles. The Labute approximate surface area is 65.9 Å². The van der Waals surface area contributed by atoms with E-state index >= 15 is 0 Å². The maximum absolute atomic E-state index is 10.8. The Morgan fingerprint density at radius 3 is 2.36 bits per heavy atom. The van der Waals surface area contributed by atoms with Crippen molar-refractivity contribution in [2.45, 2.75) is 32.2 Å². The molecular weight excluding hydrogens is 144 g/mol. The first kappa shape index (κ1) is 10.1. The lowest BCUT2D eigenvalue weighted by atomic mass is 10.1. The van der Waals surface area contributed by atoms with E-state index in [1.165, 1.54) is 0 Å². The normalized spacial score (nSPS) is 12.5. The minimum absolute atomic E-state index is 0.0220. The molecule has 1 amide bonds. The molecule has 0 aromatic carbocycles. The molecule has 0 heterocycles. The van der Waals surface area contributed by atoms with Gasteiger partial charge in [-0.1, -0.05) is 6.92 Å². The second-order valence-corrected chi connectivity index (χ2v) is 2.43. The van der Waals surface area contributed by atoms with Gasteiger partial charge in [-0.3, -0.25) is 9.59 Å². The highest BCUT2D eigenvalue weighted by atomic mass is 16.1. The Morgan fingerprint density at radius 2 is 2.00 bits per heavy atom. The van der Waals surface area contributed by atoms with Crippen LogP contribution in [0.4, 0.5) is 0 Å². The fourth-order valence-electron chi connectivity index (χ4n) is 0.721. The van der Waals surface area contributed by atoms with E-state index in [9.17, 15) is 9.59 Å². The first-order valence-electron chi connectivity index (χ1n) is 3.64. The minimum Gasteiger partial charge on any atom is -0.370 e. The highest BCUT2D eigenvalue weighted by Gasteiger charge is 2.11. The van der Waals surface area contributed by atoms with Crippen molar-refractivity contribution in [3.8, 4) is 0 Å². The summed E-state index contributed by atoms with van der Waals surface area (Å²) in [5.41, 5.74) is 10.3. The number of hydrogen-bond acceptors (Lipinski definition) is 3. The van der Waals surface area contributed by atoms with Gasteiger partial charge in [0.15, 0.2) is 0 Å². The zero-order valence-electron chi connectivity index (χ0n) is 6.67. The Kier molecular flexibility index (Phi) is 4.45. The molecular formula is C7H14N2O2. The number of carbonyl (C=O) groups is 2. The van der Waals surface area contributed by atoms with Gasteiger partial charge in [0.1, 0.15) is 5.78 Å². The monoisotopic (exact) mass is 158 g/mol. The standard InChI is InChI=1S/C7H14N2O2/c1-2-6(10)5(8)3-4-7(9)11/h5H,2-4,8H2,1H3,(H2,9,11)/t5-/m0/s1. The summed E-state index contributed by atoms with van der Waals surface area (Å²) < 4.78 is 0. The van der Waals surface area contributed by atoms with E-state index in [2.05, 4.69) is 0 Å².